The van der Waals surface area contributed by atoms with Crippen molar-refractivity contribution in [3.8, 4) is 0 Å². The van der Waals surface area contributed by atoms with Gasteiger partial charge in [-0.05, 0) is 12.8 Å². The fourth-order valence-corrected chi connectivity index (χ4v) is 3.58. The van der Waals surface area contributed by atoms with Gasteiger partial charge in [-0.1, -0.05) is 39.0 Å². The Labute approximate surface area is 125 Å². The zero-order chi connectivity index (χ0) is 15.3. The van der Waals surface area contributed by atoms with Crippen molar-refractivity contribution in [1.82, 2.24) is 15.5 Å². The summed E-state index contributed by atoms with van der Waals surface area (Å²) in [7, 11) is -3.43. The van der Waals surface area contributed by atoms with Crippen LogP contribution in [0.3, 0.4) is 0 Å². The van der Waals surface area contributed by atoms with Crippen molar-refractivity contribution >= 4 is 26.5 Å². The minimum atomic E-state index is -3.43. The van der Waals surface area contributed by atoms with Crippen LogP contribution in [0.2, 0.25) is 0 Å². The highest BCUT2D eigenvalue weighted by Gasteiger charge is 2.22. The third kappa shape index (κ3) is 5.72. The number of nitrogens with zero attached hydrogens (tertiary/aromatic N) is 2. The molecule has 0 bridgehead atoms. The Morgan fingerprint density at radius 3 is 2.35 bits per heavy atom. The lowest BCUT2D eigenvalue weighted by Gasteiger charge is -2.15. The average Bonchev–Trinajstić information content (AvgIpc) is 2.71. The van der Waals surface area contributed by atoms with E-state index in [2.05, 4.69) is 34.1 Å². The summed E-state index contributed by atoms with van der Waals surface area (Å²) in [6.45, 7) is 10.2. The second-order valence-electron chi connectivity index (χ2n) is 5.62. The fourth-order valence-electron chi connectivity index (χ4n) is 1.46. The van der Waals surface area contributed by atoms with Crippen LogP contribution in [-0.2, 0) is 16.4 Å². The van der Waals surface area contributed by atoms with Crippen molar-refractivity contribution in [2.75, 3.05) is 11.3 Å². The number of hydrogen-bond donors (Lipinski definition) is 2. The first-order chi connectivity index (χ1) is 9.20. The Morgan fingerprint density at radius 1 is 1.15 bits per heavy atom. The van der Waals surface area contributed by atoms with Gasteiger partial charge in [0.05, 0.1) is 5.25 Å². The van der Waals surface area contributed by atoms with Crippen molar-refractivity contribution in [2.24, 2.45) is 5.92 Å². The first-order valence-corrected chi connectivity index (χ1v) is 9.14. The molecule has 2 N–H and O–H groups in total. The molecule has 0 fully saturated rings. The lowest BCUT2D eigenvalue weighted by atomic mass is 10.1. The lowest BCUT2D eigenvalue weighted by molar-refractivity contribution is 0.553. The predicted octanol–water partition coefficient (Wildman–Crippen LogP) is 1.86. The molecule has 20 heavy (non-hydrogen) atoms. The molecule has 0 radical (unpaired) electrons. The van der Waals surface area contributed by atoms with Crippen LogP contribution < -0.4 is 10.0 Å². The van der Waals surface area contributed by atoms with Gasteiger partial charge < -0.3 is 5.32 Å². The molecule has 1 unspecified atom stereocenters. The number of aromatic nitrogens is 2. The van der Waals surface area contributed by atoms with Gasteiger partial charge in [0.15, 0.2) is 0 Å². The minimum absolute atomic E-state index is 0.256. The van der Waals surface area contributed by atoms with E-state index < -0.39 is 15.3 Å². The van der Waals surface area contributed by atoms with Crippen molar-refractivity contribution in [3.63, 3.8) is 0 Å². The molecule has 1 aromatic rings. The molecule has 0 aliphatic heterocycles. The highest BCUT2D eigenvalue weighted by molar-refractivity contribution is 7.93. The monoisotopic (exact) mass is 320 g/mol. The molecular weight excluding hydrogens is 296 g/mol. The standard InChI is InChI=1S/C12H24N4O2S2/c1-8(2)6-11-14-15-12(19-11)16-20(17,18)10(5)7-13-9(3)4/h8-10,13H,6-7H2,1-5H3,(H,15,16). The highest BCUT2D eigenvalue weighted by atomic mass is 32.2. The molecule has 0 saturated carbocycles. The van der Waals surface area contributed by atoms with Crippen LogP contribution in [0.15, 0.2) is 0 Å². The maximum Gasteiger partial charge on any atom is 0.238 e. The van der Waals surface area contributed by atoms with E-state index in [0.717, 1.165) is 11.4 Å². The summed E-state index contributed by atoms with van der Waals surface area (Å²) in [6.07, 6.45) is 0.809. The summed E-state index contributed by atoms with van der Waals surface area (Å²) >= 11 is 1.30. The molecule has 1 aromatic heterocycles. The van der Waals surface area contributed by atoms with Crippen LogP contribution in [-0.4, -0.2) is 36.5 Å². The topological polar surface area (TPSA) is 84.0 Å². The molecule has 0 aliphatic carbocycles. The molecule has 0 aromatic carbocycles. The largest absolute Gasteiger partial charge is 0.313 e. The minimum Gasteiger partial charge on any atom is -0.313 e. The molecule has 8 heteroatoms. The maximum absolute atomic E-state index is 12.1. The van der Waals surface area contributed by atoms with Gasteiger partial charge in [-0.15, -0.1) is 10.2 Å². The van der Waals surface area contributed by atoms with Gasteiger partial charge in [0.2, 0.25) is 15.2 Å². The van der Waals surface area contributed by atoms with E-state index in [1.54, 1.807) is 6.92 Å². The third-order valence-electron chi connectivity index (χ3n) is 2.62. The predicted molar refractivity (Wildman–Crippen MR) is 83.6 cm³/mol. The number of anilines is 1. The Balaban J connectivity index is 2.63. The van der Waals surface area contributed by atoms with Gasteiger partial charge in [-0.3, -0.25) is 4.72 Å². The molecular formula is C12H24N4O2S2. The Morgan fingerprint density at radius 2 is 1.80 bits per heavy atom. The van der Waals surface area contributed by atoms with E-state index in [0.29, 0.717) is 17.6 Å². The Bertz CT molecular complexity index is 511. The summed E-state index contributed by atoms with van der Waals surface area (Å²) < 4.78 is 26.8. The van der Waals surface area contributed by atoms with Gasteiger partial charge in [0, 0.05) is 19.0 Å². The smallest absolute Gasteiger partial charge is 0.238 e. The van der Waals surface area contributed by atoms with E-state index in [1.807, 2.05) is 13.8 Å². The van der Waals surface area contributed by atoms with E-state index in [-0.39, 0.29) is 6.04 Å². The quantitative estimate of drug-likeness (QED) is 0.764. The van der Waals surface area contributed by atoms with Crippen LogP contribution in [0.5, 0.6) is 0 Å². The average molecular weight is 320 g/mol. The summed E-state index contributed by atoms with van der Waals surface area (Å²) in [5.41, 5.74) is 0. The normalized spacial score (nSPS) is 13.9. The maximum atomic E-state index is 12.1. The van der Waals surface area contributed by atoms with Gasteiger partial charge in [0.1, 0.15) is 5.01 Å². The number of nitrogens with one attached hydrogen (secondary N) is 2. The molecule has 116 valence electrons. The molecule has 0 spiro atoms. The molecule has 0 saturated heterocycles. The van der Waals surface area contributed by atoms with Crippen LogP contribution in [0, 0.1) is 5.92 Å². The number of hydrogen-bond acceptors (Lipinski definition) is 6. The van der Waals surface area contributed by atoms with E-state index in [4.69, 9.17) is 0 Å². The molecule has 0 aliphatic rings. The molecule has 6 nitrogen and oxygen atoms in total. The number of sulfonamides is 1. The van der Waals surface area contributed by atoms with Crippen LogP contribution >= 0.6 is 11.3 Å². The van der Waals surface area contributed by atoms with Gasteiger partial charge >= 0.3 is 0 Å². The van der Waals surface area contributed by atoms with Gasteiger partial charge in [0.25, 0.3) is 0 Å². The van der Waals surface area contributed by atoms with Gasteiger partial charge in [-0.25, -0.2) is 8.42 Å². The van der Waals surface area contributed by atoms with E-state index >= 15 is 0 Å². The van der Waals surface area contributed by atoms with Crippen molar-refractivity contribution in [3.05, 3.63) is 5.01 Å². The first-order valence-electron chi connectivity index (χ1n) is 6.78. The third-order valence-corrected chi connectivity index (χ3v) is 5.32. The molecule has 1 atom stereocenters. The Kier molecular flexibility index (Phi) is 6.35. The van der Waals surface area contributed by atoms with Crippen LogP contribution in [0.25, 0.3) is 0 Å². The van der Waals surface area contributed by atoms with E-state index in [9.17, 15) is 8.42 Å². The second kappa shape index (κ2) is 7.33. The number of rotatable bonds is 8. The van der Waals surface area contributed by atoms with E-state index in [1.165, 1.54) is 11.3 Å². The molecule has 1 heterocycles. The lowest BCUT2D eigenvalue weighted by Crippen LogP contribution is -2.37. The van der Waals surface area contributed by atoms with Crippen LogP contribution in [0.4, 0.5) is 5.13 Å². The van der Waals surface area contributed by atoms with Crippen molar-refractivity contribution in [1.29, 1.82) is 0 Å². The fraction of sp³-hybridized carbons (Fsp3) is 0.833. The van der Waals surface area contributed by atoms with Gasteiger partial charge in [-0.2, -0.15) is 0 Å². The first kappa shape index (κ1) is 17.3. The Hall–Kier alpha value is -0.730. The highest BCUT2D eigenvalue weighted by Crippen LogP contribution is 2.20. The summed E-state index contributed by atoms with van der Waals surface area (Å²) in [5, 5.41) is 11.7. The summed E-state index contributed by atoms with van der Waals surface area (Å²) in [4.78, 5) is 0. The second-order valence-corrected chi connectivity index (χ2v) is 8.78. The zero-order valence-corrected chi connectivity index (χ0v) is 14.3. The molecule has 1 rings (SSSR count). The summed E-state index contributed by atoms with van der Waals surface area (Å²) in [5.74, 6) is 0.474. The zero-order valence-electron chi connectivity index (χ0n) is 12.7. The van der Waals surface area contributed by atoms with Crippen LogP contribution in [0.1, 0.15) is 39.6 Å². The van der Waals surface area contributed by atoms with Crippen molar-refractivity contribution < 1.29 is 8.42 Å². The summed E-state index contributed by atoms with van der Waals surface area (Å²) in [6, 6.07) is 0.256. The SMILES string of the molecule is CC(C)Cc1nnc(NS(=O)(=O)C(C)CNC(C)C)s1. The van der Waals surface area contributed by atoms with Crippen molar-refractivity contribution in [2.45, 2.75) is 52.3 Å². The molecule has 0 amide bonds.